The fourth-order valence-electron chi connectivity index (χ4n) is 3.03. The average Bonchev–Trinajstić information content (AvgIpc) is 3.15. The number of fused-ring (bicyclic) bond motifs is 1. The number of rotatable bonds is 6. The van der Waals surface area contributed by atoms with Crippen molar-refractivity contribution in [1.82, 2.24) is 19.9 Å². The van der Waals surface area contributed by atoms with Crippen LogP contribution in [0.2, 0.25) is 0 Å². The maximum absolute atomic E-state index is 9.14. The van der Waals surface area contributed by atoms with E-state index in [1.807, 2.05) is 36.5 Å². The number of ether oxygens (including phenoxy) is 1. The van der Waals surface area contributed by atoms with Crippen LogP contribution in [-0.4, -0.2) is 27.0 Å². The number of nitrogens with zero attached hydrogens (tertiary/aromatic N) is 4. The zero-order chi connectivity index (χ0) is 19.3. The van der Waals surface area contributed by atoms with Gasteiger partial charge < -0.3 is 15.0 Å². The predicted molar refractivity (Wildman–Crippen MR) is 106 cm³/mol. The Balaban J connectivity index is 1.55. The van der Waals surface area contributed by atoms with Gasteiger partial charge in [-0.15, -0.1) is 0 Å². The molecular weight excluding hydrogens is 352 g/mol. The topological polar surface area (TPSA) is 99.5 Å². The first kappa shape index (κ1) is 17.5. The first-order chi connectivity index (χ1) is 13.8. The molecule has 0 saturated heterocycles. The third kappa shape index (κ3) is 3.62. The van der Waals surface area contributed by atoms with Crippen LogP contribution in [0.15, 0.2) is 55.1 Å². The number of pyridine rings is 3. The Hall–Kier alpha value is -3.92. The molecule has 4 aromatic rings. The van der Waals surface area contributed by atoms with Gasteiger partial charge in [0.15, 0.2) is 0 Å². The first-order valence-electron chi connectivity index (χ1n) is 8.79. The molecule has 0 atom stereocenters. The summed E-state index contributed by atoms with van der Waals surface area (Å²) in [4.78, 5) is 16.2. The molecule has 0 spiro atoms. The largest absolute Gasteiger partial charge is 0.481 e. The van der Waals surface area contributed by atoms with Crippen LogP contribution in [0.3, 0.4) is 0 Å². The second-order valence-corrected chi connectivity index (χ2v) is 6.30. The molecule has 2 N–H and O–H groups in total. The highest BCUT2D eigenvalue weighted by Crippen LogP contribution is 2.23. The van der Waals surface area contributed by atoms with Gasteiger partial charge in [0.2, 0.25) is 5.88 Å². The molecule has 4 rings (SSSR count). The minimum Gasteiger partial charge on any atom is -0.481 e. The minimum absolute atomic E-state index is 0.546. The molecule has 0 unspecified atom stereocenters. The van der Waals surface area contributed by atoms with E-state index in [1.165, 1.54) is 0 Å². The third-order valence-corrected chi connectivity index (χ3v) is 4.48. The normalized spacial score (nSPS) is 10.6. The number of aromatic amines is 1. The Kier molecular flexibility index (Phi) is 4.85. The molecule has 0 aliphatic carbocycles. The second-order valence-electron chi connectivity index (χ2n) is 6.30. The molecule has 138 valence electrons. The summed E-state index contributed by atoms with van der Waals surface area (Å²) in [6.07, 6.45) is 7.73. The van der Waals surface area contributed by atoms with Gasteiger partial charge in [0.1, 0.15) is 17.5 Å². The van der Waals surface area contributed by atoms with Crippen LogP contribution in [-0.2, 0) is 13.0 Å². The Bertz CT molecular complexity index is 1140. The van der Waals surface area contributed by atoms with E-state index in [9.17, 15) is 0 Å². The van der Waals surface area contributed by atoms with E-state index in [0.717, 1.165) is 33.5 Å². The van der Waals surface area contributed by atoms with Gasteiger partial charge in [0.25, 0.3) is 0 Å². The van der Waals surface area contributed by atoms with Crippen LogP contribution in [0.4, 0.5) is 5.82 Å². The van der Waals surface area contributed by atoms with Crippen molar-refractivity contribution in [3.05, 3.63) is 77.4 Å². The number of H-pyrrole nitrogens is 1. The first-order valence-corrected chi connectivity index (χ1v) is 8.79. The summed E-state index contributed by atoms with van der Waals surface area (Å²) in [7, 11) is 1.60. The molecule has 0 amide bonds. The average molecular weight is 370 g/mol. The highest BCUT2D eigenvalue weighted by molar-refractivity contribution is 5.81. The molecule has 4 aromatic heterocycles. The lowest BCUT2D eigenvalue weighted by atomic mass is 10.0. The van der Waals surface area contributed by atoms with Gasteiger partial charge in [0.05, 0.1) is 12.7 Å². The molecule has 7 nitrogen and oxygen atoms in total. The molecule has 0 aliphatic heterocycles. The fourth-order valence-corrected chi connectivity index (χ4v) is 3.03. The van der Waals surface area contributed by atoms with Crippen molar-refractivity contribution < 1.29 is 4.74 Å². The lowest BCUT2D eigenvalue weighted by molar-refractivity contribution is 0.397. The molecule has 0 radical (unpaired) electrons. The van der Waals surface area contributed by atoms with Crippen LogP contribution in [0.1, 0.15) is 22.3 Å². The Morgan fingerprint density at radius 3 is 2.86 bits per heavy atom. The van der Waals surface area contributed by atoms with Crippen molar-refractivity contribution in [1.29, 1.82) is 5.26 Å². The summed E-state index contributed by atoms with van der Waals surface area (Å²) in [5.74, 6) is 1.41. The maximum atomic E-state index is 9.14. The Labute approximate surface area is 162 Å². The van der Waals surface area contributed by atoms with Gasteiger partial charge in [-0.3, -0.25) is 0 Å². The fraction of sp³-hybridized carbons (Fsp3) is 0.143. The van der Waals surface area contributed by atoms with Gasteiger partial charge >= 0.3 is 0 Å². The number of aromatic nitrogens is 4. The number of nitrogens with one attached hydrogen (secondary N) is 2. The lowest BCUT2D eigenvalue weighted by Gasteiger charge is -2.11. The van der Waals surface area contributed by atoms with Crippen molar-refractivity contribution >= 4 is 16.9 Å². The monoisotopic (exact) mass is 370 g/mol. The summed E-state index contributed by atoms with van der Waals surface area (Å²) >= 11 is 0. The number of methoxy groups -OCH3 is 1. The lowest BCUT2D eigenvalue weighted by Crippen LogP contribution is -2.05. The van der Waals surface area contributed by atoms with Crippen LogP contribution >= 0.6 is 0 Å². The maximum Gasteiger partial charge on any atom is 0.212 e. The molecule has 0 fully saturated rings. The molecule has 0 aromatic carbocycles. The van der Waals surface area contributed by atoms with Crippen molar-refractivity contribution in [2.24, 2.45) is 0 Å². The van der Waals surface area contributed by atoms with E-state index in [-0.39, 0.29) is 0 Å². The predicted octanol–water partition coefficient (Wildman–Crippen LogP) is 3.44. The summed E-state index contributed by atoms with van der Waals surface area (Å²) < 4.78 is 5.09. The number of nitriles is 1. The van der Waals surface area contributed by atoms with E-state index in [4.69, 9.17) is 10.00 Å². The van der Waals surface area contributed by atoms with Gasteiger partial charge in [-0.25, -0.2) is 15.0 Å². The SMILES string of the molecule is COc1ccc(CNc2ncccc2Cc2c[nH]c3ncc(C#N)cc23)cn1. The van der Waals surface area contributed by atoms with Crippen LogP contribution in [0.5, 0.6) is 5.88 Å². The number of anilines is 1. The van der Waals surface area contributed by atoms with E-state index >= 15 is 0 Å². The number of hydrogen-bond acceptors (Lipinski definition) is 6. The summed E-state index contributed by atoms with van der Waals surface area (Å²) in [5.41, 5.74) is 4.49. The van der Waals surface area contributed by atoms with Crippen LogP contribution in [0.25, 0.3) is 11.0 Å². The summed E-state index contributed by atoms with van der Waals surface area (Å²) in [6, 6.07) is 11.8. The van der Waals surface area contributed by atoms with E-state index in [2.05, 4.69) is 31.3 Å². The molecule has 28 heavy (non-hydrogen) atoms. The van der Waals surface area contributed by atoms with Gasteiger partial charge in [-0.05, 0) is 28.8 Å². The summed E-state index contributed by atoms with van der Waals surface area (Å²) in [5, 5.41) is 13.5. The summed E-state index contributed by atoms with van der Waals surface area (Å²) in [6.45, 7) is 0.606. The van der Waals surface area contributed by atoms with Gasteiger partial charge in [-0.1, -0.05) is 12.1 Å². The van der Waals surface area contributed by atoms with Crippen LogP contribution < -0.4 is 10.1 Å². The molecule has 0 bridgehead atoms. The zero-order valence-corrected chi connectivity index (χ0v) is 15.3. The molecule has 0 saturated carbocycles. The minimum atomic E-state index is 0.546. The van der Waals surface area contributed by atoms with E-state index < -0.39 is 0 Å². The van der Waals surface area contributed by atoms with Crippen molar-refractivity contribution in [3.63, 3.8) is 0 Å². The quantitative estimate of drug-likeness (QED) is 0.539. The van der Waals surface area contributed by atoms with Crippen molar-refractivity contribution in [2.45, 2.75) is 13.0 Å². The van der Waals surface area contributed by atoms with E-state index in [0.29, 0.717) is 24.4 Å². The Morgan fingerprint density at radius 2 is 2.07 bits per heavy atom. The highest BCUT2D eigenvalue weighted by atomic mass is 16.5. The van der Waals surface area contributed by atoms with Gasteiger partial charge in [-0.2, -0.15) is 5.26 Å². The molecule has 7 heteroatoms. The van der Waals surface area contributed by atoms with Crippen molar-refractivity contribution in [3.8, 4) is 11.9 Å². The standard InChI is InChI=1S/C21H18N6O/c1-28-19-5-4-14(10-24-19)11-25-20-16(3-2-6-23-20)8-17-13-27-21-18(17)7-15(9-22)12-26-21/h2-7,10,12-13H,8,11H2,1H3,(H,23,25)(H,26,27). The van der Waals surface area contributed by atoms with Gasteiger partial charge in [0, 0.05) is 49.2 Å². The highest BCUT2D eigenvalue weighted by Gasteiger charge is 2.10. The van der Waals surface area contributed by atoms with E-state index in [1.54, 1.807) is 25.7 Å². The number of hydrogen-bond donors (Lipinski definition) is 2. The zero-order valence-electron chi connectivity index (χ0n) is 15.3. The molecule has 0 aliphatic rings. The van der Waals surface area contributed by atoms with Crippen LogP contribution in [0, 0.1) is 11.3 Å². The smallest absolute Gasteiger partial charge is 0.212 e. The molecular formula is C21H18N6O. The van der Waals surface area contributed by atoms with Crippen molar-refractivity contribution in [2.75, 3.05) is 12.4 Å². The third-order valence-electron chi connectivity index (χ3n) is 4.48. The second kappa shape index (κ2) is 7.76. The molecule has 4 heterocycles. The Morgan fingerprint density at radius 1 is 1.14 bits per heavy atom.